The second-order valence-corrected chi connectivity index (χ2v) is 26.6. The third-order valence-corrected chi connectivity index (χ3v) is 17.2. The lowest BCUT2D eigenvalue weighted by atomic mass is 9.62. The third kappa shape index (κ3) is 9.97. The summed E-state index contributed by atoms with van der Waals surface area (Å²) in [5.74, 6) is -3.43. The Labute approximate surface area is 451 Å². The fourth-order valence-electron chi connectivity index (χ4n) is 13.6. The fourth-order valence-corrected chi connectivity index (χ4v) is 14.3. The molecule has 10 nitrogen and oxygen atoms in total. The number of esters is 2. The molecule has 0 unspecified atom stereocenters. The fraction of sp³-hybridized carbons (Fsp3) is 0.517. The number of hydrogen-bond acceptors (Lipinski definition) is 10. The SMILES string of the molecule is CC(C)(C)C[C@H]1N[C@@H](C(=O)CC2CC(C)(O)C2)[C@H](c2cccc(Cl)c2)[C@@]12C(=O)Oc1cc(Cl)c(F)cc12.CC(C)(C)C[C@H]1N[C@@H](C(=O)CC2CC(C)(O)C2)[C@H](c2cccc(Cl)c2F)[C@@]12C(=O)Oc1cc(Cl)ccc12. The van der Waals surface area contributed by atoms with E-state index >= 15 is 4.39 Å². The number of nitrogens with one attached hydrogen (secondary N) is 2. The summed E-state index contributed by atoms with van der Waals surface area (Å²) in [7, 11) is 0. The number of carbonyl (C=O) groups is 4. The molecule has 4 aliphatic heterocycles. The van der Waals surface area contributed by atoms with Crippen LogP contribution in [0, 0.1) is 34.3 Å². The van der Waals surface area contributed by atoms with E-state index in [-0.39, 0.29) is 68.4 Å². The molecular formula is C58H64Cl4F2N2O8. The van der Waals surface area contributed by atoms with Crippen molar-refractivity contribution in [1.82, 2.24) is 10.6 Å². The van der Waals surface area contributed by atoms with Crippen LogP contribution < -0.4 is 20.1 Å². The third-order valence-electron chi connectivity index (χ3n) is 16.2. The summed E-state index contributed by atoms with van der Waals surface area (Å²) in [6, 6.07) is 16.9. The molecular weight excluding hydrogens is 1030 g/mol. The zero-order valence-corrected chi connectivity index (χ0v) is 45.8. The van der Waals surface area contributed by atoms with E-state index in [1.54, 1.807) is 62.4 Å². The number of aliphatic hydroxyl groups is 2. The molecule has 4 aromatic rings. The molecule has 2 saturated heterocycles. The summed E-state index contributed by atoms with van der Waals surface area (Å²) in [5, 5.41) is 28.1. The molecule has 4 N–H and O–H groups in total. The second kappa shape index (κ2) is 19.5. The van der Waals surface area contributed by atoms with E-state index in [1.165, 1.54) is 18.2 Å². The minimum Gasteiger partial charge on any atom is -0.425 e. The van der Waals surface area contributed by atoms with Gasteiger partial charge in [0.25, 0.3) is 0 Å². The quantitative estimate of drug-likeness (QED) is 0.0892. The van der Waals surface area contributed by atoms with Crippen molar-refractivity contribution in [2.24, 2.45) is 22.7 Å². The maximum atomic E-state index is 15.7. The van der Waals surface area contributed by atoms with Gasteiger partial charge in [0.05, 0.1) is 33.3 Å². The van der Waals surface area contributed by atoms with Gasteiger partial charge >= 0.3 is 11.9 Å². The number of hydrogen-bond donors (Lipinski definition) is 4. The molecule has 4 fully saturated rings. The second-order valence-electron chi connectivity index (χ2n) is 24.9. The zero-order valence-electron chi connectivity index (χ0n) is 42.8. The first-order chi connectivity index (χ1) is 34.4. The highest BCUT2D eigenvalue weighted by Gasteiger charge is 2.69. The Bertz CT molecular complexity index is 2920. The van der Waals surface area contributed by atoms with Crippen molar-refractivity contribution in [3.05, 3.63) is 127 Å². The number of fused-ring (bicyclic) bond motifs is 4. The Morgan fingerprint density at radius 2 is 1.12 bits per heavy atom. The Balaban J connectivity index is 0.000000182. The van der Waals surface area contributed by atoms with Crippen LogP contribution in [-0.4, -0.2) is 69.1 Å². The van der Waals surface area contributed by atoms with Gasteiger partial charge in [0.2, 0.25) is 0 Å². The van der Waals surface area contributed by atoms with Crippen LogP contribution in [0.4, 0.5) is 8.78 Å². The van der Waals surface area contributed by atoms with Gasteiger partial charge in [0.15, 0.2) is 11.6 Å². The minimum atomic E-state index is -1.36. The van der Waals surface area contributed by atoms with Crippen molar-refractivity contribution in [1.29, 1.82) is 0 Å². The number of benzene rings is 4. The normalized spacial score (nSPS) is 32.8. The van der Waals surface area contributed by atoms with E-state index < -0.39 is 81.6 Å². The van der Waals surface area contributed by atoms with Crippen LogP contribution in [0.3, 0.4) is 0 Å². The van der Waals surface area contributed by atoms with Crippen molar-refractivity contribution >= 4 is 69.9 Å². The molecule has 2 saturated carbocycles. The molecule has 4 heterocycles. The highest BCUT2D eigenvalue weighted by Crippen LogP contribution is 2.60. The summed E-state index contributed by atoms with van der Waals surface area (Å²) in [4.78, 5) is 55.7. The lowest BCUT2D eigenvalue weighted by Gasteiger charge is -2.41. The first-order valence-electron chi connectivity index (χ1n) is 25.4. The van der Waals surface area contributed by atoms with Crippen molar-refractivity contribution in [2.75, 3.05) is 0 Å². The van der Waals surface area contributed by atoms with E-state index in [0.29, 0.717) is 71.0 Å². The molecule has 0 bridgehead atoms. The van der Waals surface area contributed by atoms with Crippen LogP contribution in [0.2, 0.25) is 20.1 Å². The average molecular weight is 1100 g/mol. The van der Waals surface area contributed by atoms with Crippen molar-refractivity contribution < 1.29 is 47.6 Å². The molecule has 10 rings (SSSR count). The van der Waals surface area contributed by atoms with Crippen molar-refractivity contribution in [2.45, 2.75) is 165 Å². The van der Waals surface area contributed by atoms with Gasteiger partial charge in [-0.25, -0.2) is 8.78 Å². The summed E-state index contributed by atoms with van der Waals surface area (Å²) in [5.41, 5.74) is -2.77. The number of ketones is 2. The predicted molar refractivity (Wildman–Crippen MR) is 281 cm³/mol. The molecule has 4 aromatic carbocycles. The van der Waals surface area contributed by atoms with Crippen LogP contribution in [0.5, 0.6) is 11.5 Å². The van der Waals surface area contributed by atoms with E-state index in [9.17, 15) is 33.8 Å². The lowest BCUT2D eigenvalue weighted by Crippen LogP contribution is -2.49. The molecule has 16 heteroatoms. The lowest BCUT2D eigenvalue weighted by molar-refractivity contribution is -0.140. The van der Waals surface area contributed by atoms with Crippen LogP contribution >= 0.6 is 46.4 Å². The van der Waals surface area contributed by atoms with Gasteiger partial charge in [-0.15, -0.1) is 0 Å². The number of Topliss-reactive ketones (excluding diaryl/α,β-unsaturated/α-hetero) is 2. The predicted octanol–water partition coefficient (Wildman–Crippen LogP) is 11.9. The summed E-state index contributed by atoms with van der Waals surface area (Å²) >= 11 is 24.9. The maximum Gasteiger partial charge on any atom is 0.324 e. The average Bonchev–Trinajstić information content (AvgIpc) is 3.95. The minimum absolute atomic E-state index is 0.0356. The largest absolute Gasteiger partial charge is 0.425 e. The van der Waals surface area contributed by atoms with Crippen LogP contribution in [0.1, 0.15) is 141 Å². The Hall–Kier alpha value is -3.98. The van der Waals surface area contributed by atoms with Crippen molar-refractivity contribution in [3.8, 4) is 11.5 Å². The van der Waals surface area contributed by atoms with Crippen molar-refractivity contribution in [3.63, 3.8) is 0 Å². The number of ether oxygens (including phenoxy) is 2. The van der Waals surface area contributed by atoms with E-state index in [2.05, 4.69) is 52.2 Å². The zero-order chi connectivity index (χ0) is 53.8. The highest BCUT2D eigenvalue weighted by atomic mass is 35.5. The molecule has 396 valence electrons. The van der Waals surface area contributed by atoms with Gasteiger partial charge in [-0.3, -0.25) is 19.2 Å². The van der Waals surface area contributed by atoms with Gasteiger partial charge < -0.3 is 30.3 Å². The molecule has 8 atom stereocenters. The van der Waals surface area contributed by atoms with E-state index in [0.717, 1.165) is 0 Å². The molecule has 2 spiro atoms. The molecule has 6 aliphatic rings. The summed E-state index contributed by atoms with van der Waals surface area (Å²) in [6.45, 7) is 15.9. The molecule has 0 amide bonds. The summed E-state index contributed by atoms with van der Waals surface area (Å²) < 4.78 is 42.2. The maximum absolute atomic E-state index is 15.7. The molecule has 2 aliphatic carbocycles. The topological polar surface area (TPSA) is 151 Å². The van der Waals surface area contributed by atoms with Gasteiger partial charge in [0, 0.05) is 64.0 Å². The molecule has 74 heavy (non-hydrogen) atoms. The smallest absolute Gasteiger partial charge is 0.324 e. The molecule has 0 radical (unpaired) electrons. The monoisotopic (exact) mass is 1090 g/mol. The van der Waals surface area contributed by atoms with Gasteiger partial charge in [0.1, 0.15) is 34.0 Å². The first-order valence-corrected chi connectivity index (χ1v) is 26.9. The van der Waals surface area contributed by atoms with E-state index in [4.69, 9.17) is 55.9 Å². The Morgan fingerprint density at radius 1 is 0.635 bits per heavy atom. The number of carbonyl (C=O) groups excluding carboxylic acids is 4. The summed E-state index contributed by atoms with van der Waals surface area (Å²) in [6.07, 6.45) is 3.74. The molecule has 0 aromatic heterocycles. The Kier molecular flexibility index (Phi) is 14.4. The first kappa shape index (κ1) is 54.8. The number of halogens is 6. The Morgan fingerprint density at radius 3 is 1.64 bits per heavy atom. The van der Waals surface area contributed by atoms with Crippen LogP contribution in [0.25, 0.3) is 0 Å². The van der Waals surface area contributed by atoms with Gasteiger partial charge in [-0.2, -0.15) is 0 Å². The van der Waals surface area contributed by atoms with Gasteiger partial charge in [-0.1, -0.05) is 118 Å². The number of rotatable bonds is 10. The van der Waals surface area contributed by atoms with Crippen LogP contribution in [0.15, 0.2) is 72.8 Å². The standard InChI is InChI=1S/2C29H32Cl2FNO4/c1-27(2,3)14-23-29(18-10-20(32)19(31)11-22(18)37-26(29)35)24(16-6-5-7-17(30)9-16)25(33-23)21(34)8-15-12-28(4,36)13-15;1-27(2,3)14-22-29(18-9-8-16(30)11-21(18)37-26(29)35)23(17-6-5-7-19(31)24(17)32)25(33-22)20(34)10-15-12-28(4,36)13-15/h5-7,9-11,15,23-25,33,36H,8,12-14H2,1-4H3;5-9,11,15,22-23,25,33,36H,10,12-14H2,1-4H3/t15?,23-,24+,25+,28?,29+;15?,22-,23+,25+,28?,29+/m11/s1. The van der Waals surface area contributed by atoms with Gasteiger partial charge in [-0.05, 0) is 123 Å². The highest BCUT2D eigenvalue weighted by molar-refractivity contribution is 6.32. The van der Waals surface area contributed by atoms with Crippen LogP contribution in [-0.2, 0) is 30.0 Å². The van der Waals surface area contributed by atoms with E-state index in [1.807, 2.05) is 6.07 Å².